The molecule has 4 bridgehead atoms. The second-order valence-electron chi connectivity index (χ2n) is 7.39. The number of carbonyl (C=O) groups is 1. The Balaban J connectivity index is 1.33. The molecule has 0 heterocycles. The first-order chi connectivity index (χ1) is 11.1. The van der Waals surface area contributed by atoms with Gasteiger partial charge in [-0.1, -0.05) is 0 Å². The summed E-state index contributed by atoms with van der Waals surface area (Å²) in [6, 6.07) is 3.79. The molecule has 4 fully saturated rings. The molecule has 0 aromatic heterocycles. The zero-order chi connectivity index (χ0) is 16.0. The van der Waals surface area contributed by atoms with Gasteiger partial charge in [0.15, 0.2) is 0 Å². The molecule has 0 unspecified atom stereocenters. The van der Waals surface area contributed by atoms with Crippen molar-refractivity contribution in [3.63, 3.8) is 0 Å². The summed E-state index contributed by atoms with van der Waals surface area (Å²) in [5.41, 5.74) is 0. The van der Waals surface area contributed by atoms with Gasteiger partial charge in [-0.2, -0.15) is 0 Å². The molecule has 0 saturated heterocycles. The second kappa shape index (κ2) is 6.08. The number of nitrogens with one attached hydrogen (secondary N) is 1. The zero-order valence-corrected chi connectivity index (χ0v) is 13.8. The van der Waals surface area contributed by atoms with E-state index in [-0.39, 0.29) is 11.7 Å². The van der Waals surface area contributed by atoms with Crippen LogP contribution in [0.1, 0.15) is 32.1 Å². The predicted octanol–water partition coefficient (Wildman–Crippen LogP) is 4.00. The molecule has 0 aliphatic heterocycles. The smallest absolute Gasteiger partial charge is 0.230 e. The minimum absolute atomic E-state index is 0.0313. The fourth-order valence-corrected chi connectivity index (χ4v) is 5.85. The lowest BCUT2D eigenvalue weighted by atomic mass is 9.54. The molecule has 4 saturated carbocycles. The van der Waals surface area contributed by atoms with E-state index in [0.29, 0.717) is 22.8 Å². The maximum atomic E-state index is 13.6. The summed E-state index contributed by atoms with van der Waals surface area (Å²) < 4.78 is 26.5. The van der Waals surface area contributed by atoms with Gasteiger partial charge in [-0.05, 0) is 67.9 Å². The molecule has 1 N–H and O–H groups in total. The van der Waals surface area contributed by atoms with E-state index in [9.17, 15) is 13.6 Å². The largest absolute Gasteiger partial charge is 0.352 e. The molecular weight excluding hydrogens is 316 g/mol. The number of amides is 1. The first kappa shape index (κ1) is 15.4. The maximum Gasteiger partial charge on any atom is 0.230 e. The Morgan fingerprint density at radius 3 is 2.35 bits per heavy atom. The minimum Gasteiger partial charge on any atom is -0.352 e. The maximum absolute atomic E-state index is 13.6. The number of carbonyl (C=O) groups excluding carboxylic acids is 1. The van der Waals surface area contributed by atoms with E-state index in [0.717, 1.165) is 29.7 Å². The summed E-state index contributed by atoms with van der Waals surface area (Å²) in [4.78, 5) is 12.6. The Labute approximate surface area is 139 Å². The molecule has 0 radical (unpaired) electrons. The van der Waals surface area contributed by atoms with Gasteiger partial charge in [-0.25, -0.2) is 8.78 Å². The van der Waals surface area contributed by atoms with Crippen LogP contribution >= 0.6 is 11.8 Å². The lowest BCUT2D eigenvalue weighted by molar-refractivity contribution is -0.122. The molecule has 5 rings (SSSR count). The molecule has 1 aromatic rings. The van der Waals surface area contributed by atoms with E-state index in [1.807, 2.05) is 0 Å². The molecular formula is C18H21F2NOS. The third-order valence-corrected chi connectivity index (χ3v) is 6.86. The molecule has 4 aliphatic rings. The zero-order valence-electron chi connectivity index (χ0n) is 12.9. The van der Waals surface area contributed by atoms with E-state index < -0.39 is 11.6 Å². The third kappa shape index (κ3) is 3.12. The summed E-state index contributed by atoms with van der Waals surface area (Å²) >= 11 is 1.14. The van der Waals surface area contributed by atoms with Gasteiger partial charge in [0.1, 0.15) is 11.6 Å². The molecule has 1 aromatic carbocycles. The Kier molecular flexibility index (Phi) is 4.08. The van der Waals surface area contributed by atoms with Crippen LogP contribution in [0, 0.1) is 35.3 Å². The van der Waals surface area contributed by atoms with Gasteiger partial charge in [0, 0.05) is 17.0 Å². The number of benzene rings is 1. The summed E-state index contributed by atoms with van der Waals surface area (Å²) in [6.07, 6.45) is 6.44. The Morgan fingerprint density at radius 1 is 1.09 bits per heavy atom. The lowest BCUT2D eigenvalue weighted by Crippen LogP contribution is -2.56. The Morgan fingerprint density at radius 2 is 1.74 bits per heavy atom. The van der Waals surface area contributed by atoms with Gasteiger partial charge in [-0.15, -0.1) is 11.8 Å². The van der Waals surface area contributed by atoms with Crippen molar-refractivity contribution in [2.45, 2.75) is 43.0 Å². The topological polar surface area (TPSA) is 29.1 Å². The van der Waals surface area contributed by atoms with Crippen LogP contribution in [-0.2, 0) is 4.79 Å². The van der Waals surface area contributed by atoms with Gasteiger partial charge in [0.2, 0.25) is 5.91 Å². The predicted molar refractivity (Wildman–Crippen MR) is 86.1 cm³/mol. The quantitative estimate of drug-likeness (QED) is 0.842. The van der Waals surface area contributed by atoms with E-state index in [1.165, 1.54) is 44.2 Å². The molecule has 1 amide bonds. The average Bonchev–Trinajstić information content (AvgIpc) is 2.49. The SMILES string of the molecule is O=C(CSc1ccc(F)cc1F)NC1C2CC3CC(C2)CC1C3. The third-order valence-electron chi connectivity index (χ3n) is 5.81. The van der Waals surface area contributed by atoms with Crippen LogP contribution in [0.5, 0.6) is 0 Å². The average molecular weight is 337 g/mol. The van der Waals surface area contributed by atoms with Crippen molar-refractivity contribution < 1.29 is 13.6 Å². The van der Waals surface area contributed by atoms with E-state index in [2.05, 4.69) is 5.32 Å². The Hall–Kier alpha value is -1.10. The Bertz CT molecular complexity index is 593. The van der Waals surface area contributed by atoms with Crippen LogP contribution in [0.25, 0.3) is 0 Å². The van der Waals surface area contributed by atoms with Crippen molar-refractivity contribution in [2.75, 3.05) is 5.75 Å². The van der Waals surface area contributed by atoms with Gasteiger partial charge < -0.3 is 5.32 Å². The molecule has 0 atom stereocenters. The van der Waals surface area contributed by atoms with E-state index in [1.54, 1.807) is 0 Å². The highest BCUT2D eigenvalue weighted by Gasteiger charge is 2.48. The van der Waals surface area contributed by atoms with Gasteiger partial charge >= 0.3 is 0 Å². The number of hydrogen-bond donors (Lipinski definition) is 1. The first-order valence-corrected chi connectivity index (χ1v) is 9.44. The molecule has 23 heavy (non-hydrogen) atoms. The van der Waals surface area contributed by atoms with E-state index in [4.69, 9.17) is 0 Å². The van der Waals surface area contributed by atoms with Crippen molar-refractivity contribution in [2.24, 2.45) is 23.7 Å². The fourth-order valence-electron chi connectivity index (χ4n) is 5.12. The van der Waals surface area contributed by atoms with Gasteiger partial charge in [-0.3, -0.25) is 4.79 Å². The van der Waals surface area contributed by atoms with E-state index >= 15 is 0 Å². The molecule has 4 aliphatic carbocycles. The summed E-state index contributed by atoms with van der Waals surface area (Å²) in [6.45, 7) is 0. The normalized spacial score (nSPS) is 34.6. The van der Waals surface area contributed by atoms with Gasteiger partial charge in [0.25, 0.3) is 0 Å². The molecule has 124 valence electrons. The minimum atomic E-state index is -0.600. The van der Waals surface area contributed by atoms with Gasteiger partial charge in [0.05, 0.1) is 5.75 Å². The first-order valence-electron chi connectivity index (χ1n) is 8.45. The molecule has 0 spiro atoms. The highest BCUT2D eigenvalue weighted by Crippen LogP contribution is 2.53. The molecule has 2 nitrogen and oxygen atoms in total. The number of halogens is 2. The summed E-state index contributed by atoms with van der Waals surface area (Å²) in [5, 5.41) is 3.21. The van der Waals surface area contributed by atoms with Crippen molar-refractivity contribution in [3.8, 4) is 0 Å². The number of hydrogen-bond acceptors (Lipinski definition) is 2. The van der Waals surface area contributed by atoms with Crippen LogP contribution in [0.2, 0.25) is 0 Å². The standard InChI is InChI=1S/C18H21F2NOS/c19-14-1-2-16(15(20)8-14)23-9-17(22)21-18-12-4-10-3-11(6-12)7-13(18)5-10/h1-2,8,10-13,18H,3-7,9H2,(H,21,22). The highest BCUT2D eigenvalue weighted by atomic mass is 32.2. The number of thioether (sulfide) groups is 1. The summed E-state index contributed by atoms with van der Waals surface area (Å²) in [5.74, 6) is 2.01. The van der Waals surface area contributed by atoms with Crippen LogP contribution in [0.4, 0.5) is 8.78 Å². The van der Waals surface area contributed by atoms with Crippen molar-refractivity contribution in [3.05, 3.63) is 29.8 Å². The lowest BCUT2D eigenvalue weighted by Gasteiger charge is -2.54. The van der Waals surface area contributed by atoms with Crippen molar-refractivity contribution in [1.29, 1.82) is 0 Å². The fraction of sp³-hybridized carbons (Fsp3) is 0.611. The number of rotatable bonds is 4. The van der Waals surface area contributed by atoms with Crippen LogP contribution in [0.15, 0.2) is 23.1 Å². The van der Waals surface area contributed by atoms with Crippen molar-refractivity contribution >= 4 is 17.7 Å². The monoisotopic (exact) mass is 337 g/mol. The highest BCUT2D eigenvalue weighted by molar-refractivity contribution is 8.00. The van der Waals surface area contributed by atoms with Crippen LogP contribution in [-0.4, -0.2) is 17.7 Å². The molecule has 5 heteroatoms. The summed E-state index contributed by atoms with van der Waals surface area (Å²) in [7, 11) is 0. The van der Waals surface area contributed by atoms with Crippen LogP contribution < -0.4 is 5.32 Å². The van der Waals surface area contributed by atoms with Crippen LogP contribution in [0.3, 0.4) is 0 Å². The second-order valence-corrected chi connectivity index (χ2v) is 8.40. The van der Waals surface area contributed by atoms with Crippen molar-refractivity contribution in [1.82, 2.24) is 5.32 Å².